The van der Waals surface area contributed by atoms with Crippen LogP contribution in [0.3, 0.4) is 0 Å². The Morgan fingerprint density at radius 2 is 2.23 bits per heavy atom. The summed E-state index contributed by atoms with van der Waals surface area (Å²) < 4.78 is 4.87. The summed E-state index contributed by atoms with van der Waals surface area (Å²) in [6.07, 6.45) is 1.63. The summed E-state index contributed by atoms with van der Waals surface area (Å²) in [5.74, 6) is -0.314. The zero-order valence-corrected chi connectivity index (χ0v) is 8.08. The topological polar surface area (TPSA) is 46.6 Å². The molecule has 1 heterocycles. The number of carbonyl (C=O) groups is 2. The van der Waals surface area contributed by atoms with E-state index in [1.165, 1.54) is 6.92 Å². The van der Waals surface area contributed by atoms with Gasteiger partial charge in [-0.1, -0.05) is 0 Å². The molecule has 13 heavy (non-hydrogen) atoms. The lowest BCUT2D eigenvalue weighted by atomic mass is 10.2. The van der Waals surface area contributed by atoms with Crippen LogP contribution in [0.1, 0.15) is 26.7 Å². The highest BCUT2D eigenvalue weighted by Gasteiger charge is 2.33. The Bertz CT molecular complexity index is 215. The summed E-state index contributed by atoms with van der Waals surface area (Å²) in [7, 11) is 0. The average molecular weight is 185 g/mol. The molecular weight excluding hydrogens is 170 g/mol. The quantitative estimate of drug-likeness (QED) is 0.590. The molecule has 0 bridgehead atoms. The molecule has 4 heteroatoms. The maximum Gasteiger partial charge on any atom is 0.328 e. The molecule has 0 spiro atoms. The zero-order valence-electron chi connectivity index (χ0n) is 8.08. The summed E-state index contributed by atoms with van der Waals surface area (Å²) in [5.41, 5.74) is 0. The van der Waals surface area contributed by atoms with Crippen LogP contribution in [-0.4, -0.2) is 36.0 Å². The first kappa shape index (κ1) is 10.0. The van der Waals surface area contributed by atoms with E-state index in [4.69, 9.17) is 4.74 Å². The molecule has 1 amide bonds. The van der Waals surface area contributed by atoms with E-state index < -0.39 is 0 Å². The van der Waals surface area contributed by atoms with Crippen LogP contribution < -0.4 is 0 Å². The van der Waals surface area contributed by atoms with E-state index in [9.17, 15) is 9.59 Å². The molecule has 0 radical (unpaired) electrons. The largest absolute Gasteiger partial charge is 0.464 e. The van der Waals surface area contributed by atoms with Crippen LogP contribution in [-0.2, 0) is 14.3 Å². The van der Waals surface area contributed by atoms with Gasteiger partial charge in [0.05, 0.1) is 6.61 Å². The average Bonchev–Trinajstić information content (AvgIpc) is 2.52. The molecule has 0 N–H and O–H groups in total. The van der Waals surface area contributed by atoms with E-state index >= 15 is 0 Å². The number of carbonyl (C=O) groups excluding carboxylic acids is 2. The molecular formula is C9H15NO3. The Morgan fingerprint density at radius 1 is 1.54 bits per heavy atom. The van der Waals surface area contributed by atoms with Crippen molar-refractivity contribution in [3.8, 4) is 0 Å². The standard InChI is InChI=1S/C9H15NO3/c1-3-13-9(12)8-5-4-6-10(8)7(2)11/h8H,3-6H2,1-2H3/t8-/m1/s1. The van der Waals surface area contributed by atoms with E-state index in [1.807, 2.05) is 0 Å². The zero-order chi connectivity index (χ0) is 9.84. The maximum absolute atomic E-state index is 11.3. The van der Waals surface area contributed by atoms with Gasteiger partial charge in [0.25, 0.3) is 0 Å². The predicted molar refractivity (Wildman–Crippen MR) is 47.0 cm³/mol. The number of likely N-dealkylation sites (tertiary alicyclic amines) is 1. The minimum absolute atomic E-state index is 0.0458. The highest BCUT2D eigenvalue weighted by Crippen LogP contribution is 2.18. The van der Waals surface area contributed by atoms with Gasteiger partial charge in [-0.3, -0.25) is 4.79 Å². The van der Waals surface area contributed by atoms with Gasteiger partial charge in [-0.15, -0.1) is 0 Å². The Morgan fingerprint density at radius 3 is 2.77 bits per heavy atom. The van der Waals surface area contributed by atoms with Gasteiger partial charge in [-0.25, -0.2) is 4.79 Å². The molecule has 1 atom stereocenters. The smallest absolute Gasteiger partial charge is 0.328 e. The molecule has 1 aliphatic heterocycles. The Labute approximate surface area is 77.8 Å². The summed E-state index contributed by atoms with van der Waals surface area (Å²) >= 11 is 0. The molecule has 1 saturated heterocycles. The van der Waals surface area contributed by atoms with Gasteiger partial charge in [-0.2, -0.15) is 0 Å². The van der Waals surface area contributed by atoms with Gasteiger partial charge in [0.1, 0.15) is 6.04 Å². The van der Waals surface area contributed by atoms with Gasteiger partial charge in [-0.05, 0) is 19.8 Å². The van der Waals surface area contributed by atoms with Crippen molar-refractivity contribution < 1.29 is 14.3 Å². The molecule has 0 aromatic rings. The molecule has 1 fully saturated rings. The van der Waals surface area contributed by atoms with Gasteiger partial charge < -0.3 is 9.64 Å². The van der Waals surface area contributed by atoms with E-state index in [2.05, 4.69) is 0 Å². The number of nitrogens with zero attached hydrogens (tertiary/aromatic N) is 1. The van der Waals surface area contributed by atoms with Gasteiger partial charge in [0.15, 0.2) is 0 Å². The van der Waals surface area contributed by atoms with Crippen LogP contribution >= 0.6 is 0 Å². The summed E-state index contributed by atoms with van der Waals surface area (Å²) in [4.78, 5) is 24.0. The van der Waals surface area contributed by atoms with Crippen molar-refractivity contribution in [2.24, 2.45) is 0 Å². The highest BCUT2D eigenvalue weighted by molar-refractivity contribution is 5.83. The van der Waals surface area contributed by atoms with Crippen molar-refractivity contribution in [3.05, 3.63) is 0 Å². The van der Waals surface area contributed by atoms with Crippen molar-refractivity contribution in [1.82, 2.24) is 4.90 Å². The SMILES string of the molecule is CCOC(=O)[C@H]1CCCN1C(C)=O. The monoisotopic (exact) mass is 185 g/mol. The molecule has 1 rings (SSSR count). The van der Waals surface area contributed by atoms with Crippen molar-refractivity contribution in [2.75, 3.05) is 13.2 Å². The van der Waals surface area contributed by atoms with E-state index in [0.29, 0.717) is 13.2 Å². The first-order valence-corrected chi connectivity index (χ1v) is 4.60. The molecule has 0 aromatic heterocycles. The molecule has 0 unspecified atom stereocenters. The van der Waals surface area contributed by atoms with Gasteiger partial charge in [0.2, 0.25) is 5.91 Å². The normalized spacial score (nSPS) is 21.7. The van der Waals surface area contributed by atoms with E-state index in [0.717, 1.165) is 12.8 Å². The van der Waals surface area contributed by atoms with Crippen LogP contribution in [0.5, 0.6) is 0 Å². The Balaban J connectivity index is 2.57. The minimum Gasteiger partial charge on any atom is -0.464 e. The number of hydrogen-bond donors (Lipinski definition) is 0. The lowest BCUT2D eigenvalue weighted by Crippen LogP contribution is -2.40. The van der Waals surface area contributed by atoms with Crippen LogP contribution in [0.2, 0.25) is 0 Å². The molecule has 4 nitrogen and oxygen atoms in total. The fraction of sp³-hybridized carbons (Fsp3) is 0.778. The van der Waals surface area contributed by atoms with Crippen LogP contribution in [0, 0.1) is 0 Å². The van der Waals surface area contributed by atoms with E-state index in [1.54, 1.807) is 11.8 Å². The Hall–Kier alpha value is -1.06. The second kappa shape index (κ2) is 4.25. The summed E-state index contributed by atoms with van der Waals surface area (Å²) in [5, 5.41) is 0. The van der Waals surface area contributed by atoms with Crippen LogP contribution in [0.15, 0.2) is 0 Å². The number of rotatable bonds is 2. The third-order valence-corrected chi connectivity index (χ3v) is 2.22. The number of amides is 1. The molecule has 74 valence electrons. The third kappa shape index (κ3) is 2.20. The maximum atomic E-state index is 11.3. The first-order chi connectivity index (χ1) is 6.16. The predicted octanol–water partition coefficient (Wildman–Crippen LogP) is 0.560. The molecule has 1 aliphatic rings. The summed E-state index contributed by atoms with van der Waals surface area (Å²) in [6.45, 7) is 4.31. The first-order valence-electron chi connectivity index (χ1n) is 4.60. The fourth-order valence-corrected chi connectivity index (χ4v) is 1.63. The lowest BCUT2D eigenvalue weighted by Gasteiger charge is -2.21. The van der Waals surface area contributed by atoms with Crippen molar-refractivity contribution in [3.63, 3.8) is 0 Å². The van der Waals surface area contributed by atoms with Gasteiger partial charge in [0, 0.05) is 13.5 Å². The number of esters is 1. The van der Waals surface area contributed by atoms with Crippen LogP contribution in [0.25, 0.3) is 0 Å². The fourth-order valence-electron chi connectivity index (χ4n) is 1.63. The second-order valence-corrected chi connectivity index (χ2v) is 3.12. The van der Waals surface area contributed by atoms with Crippen molar-refractivity contribution in [2.45, 2.75) is 32.7 Å². The second-order valence-electron chi connectivity index (χ2n) is 3.12. The van der Waals surface area contributed by atoms with Crippen molar-refractivity contribution in [1.29, 1.82) is 0 Å². The third-order valence-electron chi connectivity index (χ3n) is 2.22. The van der Waals surface area contributed by atoms with Crippen LogP contribution in [0.4, 0.5) is 0 Å². The Kier molecular flexibility index (Phi) is 3.28. The van der Waals surface area contributed by atoms with E-state index in [-0.39, 0.29) is 17.9 Å². The van der Waals surface area contributed by atoms with Gasteiger partial charge >= 0.3 is 5.97 Å². The summed E-state index contributed by atoms with van der Waals surface area (Å²) in [6, 6.07) is -0.336. The number of ether oxygens (including phenoxy) is 1. The molecule has 0 aliphatic carbocycles. The molecule has 0 aromatic carbocycles. The lowest BCUT2D eigenvalue weighted by molar-refractivity contribution is -0.152. The van der Waals surface area contributed by atoms with Crippen molar-refractivity contribution >= 4 is 11.9 Å². The molecule has 0 saturated carbocycles. The minimum atomic E-state index is -0.336. The number of hydrogen-bond acceptors (Lipinski definition) is 3. The highest BCUT2D eigenvalue weighted by atomic mass is 16.5.